The molecule has 1 unspecified atom stereocenters. The number of esters is 1. The van der Waals surface area contributed by atoms with Gasteiger partial charge in [-0.05, 0) is 30.9 Å². The lowest BCUT2D eigenvalue weighted by Crippen LogP contribution is -2.16. The van der Waals surface area contributed by atoms with E-state index in [1.165, 1.54) is 0 Å². The molecule has 3 aromatic rings. The molecule has 0 N–H and O–H groups in total. The summed E-state index contributed by atoms with van der Waals surface area (Å²) < 4.78 is 18.0. The molecule has 3 rings (SSSR count). The molecule has 0 bridgehead atoms. The maximum absolute atomic E-state index is 11.8. The van der Waals surface area contributed by atoms with Gasteiger partial charge in [0.25, 0.3) is 0 Å². The normalized spacial score (nSPS) is 12.4. The zero-order chi connectivity index (χ0) is 20.1. The summed E-state index contributed by atoms with van der Waals surface area (Å²) in [6.45, 7) is 6.51. The van der Waals surface area contributed by atoms with Crippen LogP contribution in [0.3, 0.4) is 0 Å². The molecule has 0 radical (unpaired) electrons. The van der Waals surface area contributed by atoms with E-state index < -0.39 is 0 Å². The lowest BCUT2D eigenvalue weighted by atomic mass is 9.99. The molecule has 150 valence electrons. The first-order valence-corrected chi connectivity index (χ1v) is 9.67. The molecule has 2 heterocycles. The van der Waals surface area contributed by atoms with Gasteiger partial charge in [0, 0.05) is 12.7 Å². The van der Waals surface area contributed by atoms with Gasteiger partial charge in [-0.2, -0.15) is 0 Å². The van der Waals surface area contributed by atoms with Crippen LogP contribution < -0.4 is 4.74 Å². The highest BCUT2D eigenvalue weighted by atomic mass is 16.7. The van der Waals surface area contributed by atoms with E-state index in [1.54, 1.807) is 7.11 Å². The van der Waals surface area contributed by atoms with Crippen LogP contribution in [-0.2, 0) is 20.7 Å². The van der Waals surface area contributed by atoms with Gasteiger partial charge in [0.05, 0.1) is 29.8 Å². The van der Waals surface area contributed by atoms with Crippen molar-refractivity contribution in [1.29, 1.82) is 0 Å². The second-order valence-corrected chi connectivity index (χ2v) is 6.70. The van der Waals surface area contributed by atoms with Gasteiger partial charge >= 0.3 is 5.97 Å². The fraction of sp³-hybridized carbons (Fsp3) is 0.476. The van der Waals surface area contributed by atoms with Gasteiger partial charge in [0.2, 0.25) is 18.5 Å². The summed E-state index contributed by atoms with van der Waals surface area (Å²) in [7, 11) is 1.55. The molecule has 0 aliphatic carbocycles. The Morgan fingerprint density at radius 2 is 2.00 bits per heavy atom. The molecule has 1 aromatic carbocycles. The fourth-order valence-electron chi connectivity index (χ4n) is 3.20. The van der Waals surface area contributed by atoms with Gasteiger partial charge in [-0.3, -0.25) is 4.79 Å². The minimum atomic E-state index is -0.358. The maximum Gasteiger partial charge on any atom is 0.311 e. The number of hydrogen-bond acceptors (Lipinski definition) is 6. The molecule has 7 nitrogen and oxygen atoms in total. The van der Waals surface area contributed by atoms with Gasteiger partial charge in [-0.1, -0.05) is 32.9 Å². The highest BCUT2D eigenvalue weighted by Crippen LogP contribution is 2.32. The molecule has 0 saturated carbocycles. The summed E-state index contributed by atoms with van der Waals surface area (Å²) in [5.74, 6) is 1.14. The predicted molar refractivity (Wildman–Crippen MR) is 107 cm³/mol. The van der Waals surface area contributed by atoms with Crippen molar-refractivity contribution >= 4 is 22.8 Å². The number of fused-ring (bicyclic) bond motifs is 3. The van der Waals surface area contributed by atoms with Crippen LogP contribution in [0, 0.1) is 0 Å². The topological polar surface area (TPSA) is 75.0 Å². The Labute approximate surface area is 164 Å². The largest absolute Gasteiger partial charge is 0.441 e. The van der Waals surface area contributed by atoms with E-state index in [2.05, 4.69) is 25.8 Å². The van der Waals surface area contributed by atoms with Gasteiger partial charge in [-0.15, -0.1) is 0 Å². The summed E-state index contributed by atoms with van der Waals surface area (Å²) in [6.07, 6.45) is 1.91. The Hall–Kier alpha value is -2.67. The molecule has 2 aromatic heterocycles. The number of ether oxygens (including phenoxy) is 3. The summed E-state index contributed by atoms with van der Waals surface area (Å²) >= 11 is 0. The average molecular weight is 385 g/mol. The van der Waals surface area contributed by atoms with Gasteiger partial charge in [-0.25, -0.2) is 14.4 Å². The second-order valence-electron chi connectivity index (χ2n) is 6.70. The minimum absolute atomic E-state index is 0.166. The van der Waals surface area contributed by atoms with E-state index in [-0.39, 0.29) is 25.1 Å². The quantitative estimate of drug-likeness (QED) is 0.411. The highest BCUT2D eigenvalue weighted by molar-refractivity contribution is 5.80. The van der Waals surface area contributed by atoms with E-state index in [0.29, 0.717) is 18.3 Å². The van der Waals surface area contributed by atoms with E-state index >= 15 is 0 Å². The van der Waals surface area contributed by atoms with Gasteiger partial charge in [0.15, 0.2) is 0 Å². The van der Waals surface area contributed by atoms with E-state index in [9.17, 15) is 4.79 Å². The second kappa shape index (κ2) is 9.01. The Balaban J connectivity index is 2.04. The Morgan fingerprint density at radius 1 is 1.21 bits per heavy atom. The van der Waals surface area contributed by atoms with Crippen molar-refractivity contribution in [2.24, 2.45) is 0 Å². The summed E-state index contributed by atoms with van der Waals surface area (Å²) in [6, 6.07) is 7.84. The number of hydrogen-bond donors (Lipinski definition) is 0. The van der Waals surface area contributed by atoms with Crippen molar-refractivity contribution in [2.45, 2.75) is 46.0 Å². The Morgan fingerprint density at radius 3 is 2.71 bits per heavy atom. The number of benzene rings is 1. The number of nitrogens with zero attached hydrogens (tertiary/aromatic N) is 3. The first kappa shape index (κ1) is 20.1. The monoisotopic (exact) mass is 385 g/mol. The average Bonchev–Trinajstić information content (AvgIpc) is 3.09. The third-order valence-corrected chi connectivity index (χ3v) is 4.89. The van der Waals surface area contributed by atoms with E-state index in [4.69, 9.17) is 19.2 Å². The van der Waals surface area contributed by atoms with Crippen LogP contribution in [0.25, 0.3) is 16.8 Å². The maximum atomic E-state index is 11.8. The molecule has 0 aliphatic rings. The number of rotatable bonds is 9. The van der Waals surface area contributed by atoms with Crippen LogP contribution in [0.5, 0.6) is 5.88 Å². The van der Waals surface area contributed by atoms with Crippen molar-refractivity contribution in [3.63, 3.8) is 0 Å². The number of carbonyl (C=O) groups excluding carboxylic acids is 1. The molecule has 0 fully saturated rings. The summed E-state index contributed by atoms with van der Waals surface area (Å²) in [5, 5.41) is 0. The molecule has 0 aliphatic heterocycles. The molecule has 1 atom stereocenters. The SMILES string of the molecule is CCc1c(C(C)CC)nc2nc3ccccc3n2c1OCOC(=O)CCOC. The summed E-state index contributed by atoms with van der Waals surface area (Å²) in [5.41, 5.74) is 3.75. The molecular formula is C21H27N3O4. The molecule has 28 heavy (non-hydrogen) atoms. The molecule has 7 heteroatoms. The first-order chi connectivity index (χ1) is 13.6. The van der Waals surface area contributed by atoms with Crippen LogP contribution in [0.15, 0.2) is 24.3 Å². The van der Waals surface area contributed by atoms with Crippen molar-refractivity contribution < 1.29 is 19.0 Å². The summed E-state index contributed by atoms with van der Waals surface area (Å²) in [4.78, 5) is 21.3. The van der Waals surface area contributed by atoms with Gasteiger partial charge in [0.1, 0.15) is 0 Å². The van der Waals surface area contributed by atoms with Crippen LogP contribution in [0.2, 0.25) is 0 Å². The predicted octanol–water partition coefficient (Wildman–Crippen LogP) is 3.87. The number of carbonyl (C=O) groups is 1. The number of para-hydroxylation sites is 2. The van der Waals surface area contributed by atoms with Crippen molar-refractivity contribution in [3.05, 3.63) is 35.5 Å². The molecule has 0 saturated heterocycles. The number of imidazole rings is 1. The van der Waals surface area contributed by atoms with E-state index in [0.717, 1.165) is 35.1 Å². The van der Waals surface area contributed by atoms with Crippen LogP contribution >= 0.6 is 0 Å². The smallest absolute Gasteiger partial charge is 0.311 e. The van der Waals surface area contributed by atoms with Crippen molar-refractivity contribution in [3.8, 4) is 5.88 Å². The number of methoxy groups -OCH3 is 1. The standard InChI is InChI=1S/C21H27N3O4/c1-5-14(3)19-15(6-2)20(28-13-27-18(25)11-12-26-4)24-17-10-8-7-9-16(17)22-21(24)23-19/h7-10,14H,5-6,11-13H2,1-4H3. The van der Waals surface area contributed by atoms with Crippen LogP contribution in [0.4, 0.5) is 0 Å². The number of aromatic nitrogens is 3. The third-order valence-electron chi connectivity index (χ3n) is 4.89. The molecular weight excluding hydrogens is 358 g/mol. The lowest BCUT2D eigenvalue weighted by Gasteiger charge is -2.19. The van der Waals surface area contributed by atoms with Crippen LogP contribution in [-0.4, -0.2) is 40.8 Å². The van der Waals surface area contributed by atoms with Crippen LogP contribution in [0.1, 0.15) is 50.8 Å². The zero-order valence-electron chi connectivity index (χ0n) is 16.9. The molecule has 0 spiro atoms. The zero-order valence-corrected chi connectivity index (χ0v) is 16.9. The van der Waals surface area contributed by atoms with Crippen molar-refractivity contribution in [2.75, 3.05) is 20.5 Å². The molecule has 0 amide bonds. The van der Waals surface area contributed by atoms with Gasteiger partial charge < -0.3 is 14.2 Å². The fourth-order valence-corrected chi connectivity index (χ4v) is 3.20. The Kier molecular flexibility index (Phi) is 6.46. The van der Waals surface area contributed by atoms with Crippen molar-refractivity contribution in [1.82, 2.24) is 14.4 Å². The van der Waals surface area contributed by atoms with E-state index in [1.807, 2.05) is 28.7 Å². The lowest BCUT2D eigenvalue weighted by molar-refractivity contribution is -0.151. The minimum Gasteiger partial charge on any atom is -0.441 e. The Bertz CT molecular complexity index is 967. The first-order valence-electron chi connectivity index (χ1n) is 9.67. The highest BCUT2D eigenvalue weighted by Gasteiger charge is 2.21. The third kappa shape index (κ3) is 3.94.